The summed E-state index contributed by atoms with van der Waals surface area (Å²) in [5.74, 6) is -1.38. The van der Waals surface area contributed by atoms with Crippen molar-refractivity contribution in [3.8, 4) is 0 Å². The summed E-state index contributed by atoms with van der Waals surface area (Å²) in [4.78, 5) is 28.2. The van der Waals surface area contributed by atoms with Gasteiger partial charge in [-0.1, -0.05) is 67.9 Å². The van der Waals surface area contributed by atoms with E-state index >= 15 is 0 Å². The van der Waals surface area contributed by atoms with E-state index in [2.05, 4.69) is 5.32 Å². The minimum Gasteiger partial charge on any atom is -0.354 e. The summed E-state index contributed by atoms with van der Waals surface area (Å²) in [7, 11) is -4.20. The molecule has 7 nitrogen and oxygen atoms in total. The first kappa shape index (κ1) is 29.1. The second-order valence-corrected chi connectivity index (χ2v) is 10.9. The second kappa shape index (κ2) is 13.4. The van der Waals surface area contributed by atoms with Gasteiger partial charge in [-0.25, -0.2) is 12.8 Å². The van der Waals surface area contributed by atoms with Crippen LogP contribution in [0, 0.1) is 5.82 Å². The molecule has 0 bridgehead atoms. The summed E-state index contributed by atoms with van der Waals surface area (Å²) < 4.78 is 42.0. The van der Waals surface area contributed by atoms with Crippen molar-refractivity contribution in [2.75, 3.05) is 17.4 Å². The Morgan fingerprint density at radius 3 is 2.18 bits per heavy atom. The number of nitrogens with zero attached hydrogens (tertiary/aromatic N) is 2. The first-order valence-corrected chi connectivity index (χ1v) is 14.1. The van der Waals surface area contributed by atoms with E-state index in [0.29, 0.717) is 24.9 Å². The number of carbonyl (C=O) groups is 2. The van der Waals surface area contributed by atoms with Crippen LogP contribution >= 0.6 is 11.6 Å². The summed E-state index contributed by atoms with van der Waals surface area (Å²) in [5, 5.41) is 2.97. The average molecular weight is 560 g/mol. The molecule has 0 aliphatic heterocycles. The molecule has 0 saturated carbocycles. The summed E-state index contributed by atoms with van der Waals surface area (Å²) in [5.41, 5.74) is 0.730. The number of halogens is 2. The van der Waals surface area contributed by atoms with Crippen LogP contribution < -0.4 is 9.62 Å². The molecule has 3 rings (SSSR count). The van der Waals surface area contributed by atoms with Gasteiger partial charge in [-0.3, -0.25) is 13.9 Å². The minimum atomic E-state index is -4.20. The fraction of sp³-hybridized carbons (Fsp3) is 0.286. The molecule has 0 aliphatic rings. The first-order chi connectivity index (χ1) is 18.2. The van der Waals surface area contributed by atoms with E-state index < -0.39 is 34.3 Å². The van der Waals surface area contributed by atoms with E-state index in [1.54, 1.807) is 37.3 Å². The highest BCUT2D eigenvalue weighted by atomic mass is 35.5. The number of sulfonamides is 1. The number of hydrogen-bond donors (Lipinski definition) is 1. The monoisotopic (exact) mass is 559 g/mol. The van der Waals surface area contributed by atoms with Crippen LogP contribution in [0.5, 0.6) is 0 Å². The largest absolute Gasteiger partial charge is 0.354 e. The molecule has 1 atom stereocenters. The van der Waals surface area contributed by atoms with Crippen molar-refractivity contribution in [1.82, 2.24) is 10.2 Å². The van der Waals surface area contributed by atoms with Gasteiger partial charge in [0.15, 0.2) is 0 Å². The van der Waals surface area contributed by atoms with E-state index in [4.69, 9.17) is 11.6 Å². The Morgan fingerprint density at radius 1 is 0.947 bits per heavy atom. The van der Waals surface area contributed by atoms with Gasteiger partial charge in [-0.05, 0) is 54.8 Å². The molecule has 0 spiro atoms. The first-order valence-electron chi connectivity index (χ1n) is 12.3. The molecule has 0 aromatic heterocycles. The molecule has 10 heteroatoms. The van der Waals surface area contributed by atoms with Gasteiger partial charge in [0.05, 0.1) is 15.6 Å². The highest BCUT2D eigenvalue weighted by Crippen LogP contribution is 2.30. The van der Waals surface area contributed by atoms with E-state index in [-0.39, 0.29) is 28.1 Å². The molecule has 38 heavy (non-hydrogen) atoms. The molecule has 1 N–H and O–H groups in total. The molecule has 1 unspecified atom stereocenters. The van der Waals surface area contributed by atoms with Crippen molar-refractivity contribution in [2.45, 2.75) is 44.2 Å². The smallest absolute Gasteiger partial charge is 0.264 e. The summed E-state index contributed by atoms with van der Waals surface area (Å²) in [6.07, 6.45) is 1.00. The Hall–Kier alpha value is -3.43. The average Bonchev–Trinajstić information content (AvgIpc) is 2.92. The van der Waals surface area contributed by atoms with Crippen LogP contribution in [-0.4, -0.2) is 44.3 Å². The van der Waals surface area contributed by atoms with Crippen LogP contribution in [0.2, 0.25) is 5.02 Å². The van der Waals surface area contributed by atoms with Gasteiger partial charge in [-0.2, -0.15) is 0 Å². The Bertz CT molecular complexity index is 1340. The number of anilines is 1. The minimum absolute atomic E-state index is 0.00876. The zero-order valence-corrected chi connectivity index (χ0v) is 22.9. The van der Waals surface area contributed by atoms with Crippen LogP contribution in [0.3, 0.4) is 0 Å². The number of benzene rings is 3. The standard InChI is InChI=1S/C28H31ClFN3O4S/c1-3-18-31-28(35)25(4-2)32(19-21-14-16-22(30)17-15-21)27(34)20-33(26-13-9-8-12-24(26)29)38(36,37)23-10-6-5-7-11-23/h5-17,25H,3-4,18-20H2,1-2H3,(H,31,35). The molecule has 0 aliphatic carbocycles. The predicted molar refractivity (Wildman–Crippen MR) is 147 cm³/mol. The Kier molecular flexibility index (Phi) is 10.3. The third-order valence-corrected chi connectivity index (χ3v) is 8.03. The maximum absolute atomic E-state index is 13.9. The number of nitrogens with one attached hydrogen (secondary N) is 1. The maximum atomic E-state index is 13.9. The maximum Gasteiger partial charge on any atom is 0.264 e. The van der Waals surface area contributed by atoms with Gasteiger partial charge in [0, 0.05) is 13.1 Å². The number of carbonyl (C=O) groups excluding carboxylic acids is 2. The molecule has 2 amide bonds. The number of rotatable bonds is 12. The Balaban J connectivity index is 2.04. The lowest BCUT2D eigenvalue weighted by molar-refractivity contribution is -0.140. The third kappa shape index (κ3) is 7.11. The van der Waals surface area contributed by atoms with Crippen LogP contribution in [0.15, 0.2) is 83.8 Å². The molecular formula is C28H31ClFN3O4S. The summed E-state index contributed by atoms with van der Waals surface area (Å²) >= 11 is 6.39. The van der Waals surface area contributed by atoms with Crippen molar-refractivity contribution >= 4 is 39.1 Å². The molecule has 0 fully saturated rings. The lowest BCUT2D eigenvalue weighted by Gasteiger charge is -2.33. The molecule has 0 radical (unpaired) electrons. The highest BCUT2D eigenvalue weighted by molar-refractivity contribution is 7.92. The van der Waals surface area contributed by atoms with Crippen molar-refractivity contribution in [2.24, 2.45) is 0 Å². The van der Waals surface area contributed by atoms with Crippen LogP contribution in [-0.2, 0) is 26.2 Å². The van der Waals surface area contributed by atoms with Crippen molar-refractivity contribution in [3.05, 3.63) is 95.3 Å². The summed E-state index contributed by atoms with van der Waals surface area (Å²) in [6.45, 7) is 3.51. The van der Waals surface area contributed by atoms with Gasteiger partial charge in [-0.15, -0.1) is 0 Å². The summed E-state index contributed by atoms with van der Waals surface area (Å²) in [6, 6.07) is 18.8. The molecule has 0 saturated heterocycles. The van der Waals surface area contributed by atoms with Crippen LogP contribution in [0.25, 0.3) is 0 Å². The number of amides is 2. The van der Waals surface area contributed by atoms with Gasteiger partial charge in [0.2, 0.25) is 11.8 Å². The molecule has 3 aromatic carbocycles. The number of para-hydroxylation sites is 1. The lowest BCUT2D eigenvalue weighted by Crippen LogP contribution is -2.52. The predicted octanol–water partition coefficient (Wildman–Crippen LogP) is 5.01. The van der Waals surface area contributed by atoms with Crippen molar-refractivity contribution in [1.29, 1.82) is 0 Å². The van der Waals surface area contributed by atoms with Gasteiger partial charge >= 0.3 is 0 Å². The molecule has 0 heterocycles. The normalized spacial score (nSPS) is 12.0. The van der Waals surface area contributed by atoms with Crippen molar-refractivity contribution < 1.29 is 22.4 Å². The van der Waals surface area contributed by atoms with E-state index in [9.17, 15) is 22.4 Å². The Labute approximate surface area is 228 Å². The zero-order chi connectivity index (χ0) is 27.7. The zero-order valence-electron chi connectivity index (χ0n) is 21.3. The van der Waals surface area contributed by atoms with Crippen LogP contribution in [0.4, 0.5) is 10.1 Å². The highest BCUT2D eigenvalue weighted by Gasteiger charge is 2.34. The molecular weight excluding hydrogens is 529 g/mol. The van der Waals surface area contributed by atoms with Crippen LogP contribution in [0.1, 0.15) is 32.3 Å². The quantitative estimate of drug-likeness (QED) is 0.338. The number of hydrogen-bond acceptors (Lipinski definition) is 4. The lowest BCUT2D eigenvalue weighted by atomic mass is 10.1. The fourth-order valence-corrected chi connectivity index (χ4v) is 5.70. The SMILES string of the molecule is CCCNC(=O)C(CC)N(Cc1ccc(F)cc1)C(=O)CN(c1ccccc1Cl)S(=O)(=O)c1ccccc1. The molecule has 202 valence electrons. The third-order valence-electron chi connectivity index (χ3n) is 5.93. The molecule has 3 aromatic rings. The van der Waals surface area contributed by atoms with Crippen molar-refractivity contribution in [3.63, 3.8) is 0 Å². The van der Waals surface area contributed by atoms with E-state index in [0.717, 1.165) is 4.31 Å². The second-order valence-electron chi connectivity index (χ2n) is 8.64. The van der Waals surface area contributed by atoms with Gasteiger partial charge < -0.3 is 10.2 Å². The Morgan fingerprint density at radius 2 is 1.58 bits per heavy atom. The topological polar surface area (TPSA) is 86.8 Å². The van der Waals surface area contributed by atoms with Gasteiger partial charge in [0.1, 0.15) is 18.4 Å². The fourth-order valence-electron chi connectivity index (χ4n) is 3.96. The van der Waals surface area contributed by atoms with E-state index in [1.807, 2.05) is 6.92 Å². The van der Waals surface area contributed by atoms with E-state index in [1.165, 1.54) is 53.4 Å². The van der Waals surface area contributed by atoms with Gasteiger partial charge in [0.25, 0.3) is 10.0 Å².